The van der Waals surface area contributed by atoms with Crippen LogP contribution in [0, 0.1) is 5.41 Å². The van der Waals surface area contributed by atoms with Crippen LogP contribution in [-0.2, 0) is 0 Å². The molecule has 1 spiro atoms. The zero-order chi connectivity index (χ0) is 10.8. The largest absolute Gasteiger partial charge is 0.316 e. The Labute approximate surface area is 99.8 Å². The fraction of sp³-hybridized carbons (Fsp3) is 1.00. The van der Waals surface area contributed by atoms with Crippen molar-refractivity contribution < 1.29 is 0 Å². The van der Waals surface area contributed by atoms with Crippen molar-refractivity contribution >= 4 is 0 Å². The molecule has 92 valence electrons. The van der Waals surface area contributed by atoms with Gasteiger partial charge in [-0.15, -0.1) is 0 Å². The molecule has 3 fully saturated rings. The zero-order valence-corrected chi connectivity index (χ0v) is 10.5. The van der Waals surface area contributed by atoms with Crippen molar-refractivity contribution in [1.82, 2.24) is 10.2 Å². The van der Waals surface area contributed by atoms with E-state index < -0.39 is 0 Å². The van der Waals surface area contributed by atoms with Crippen LogP contribution in [0.15, 0.2) is 0 Å². The van der Waals surface area contributed by atoms with Gasteiger partial charge in [0.1, 0.15) is 0 Å². The van der Waals surface area contributed by atoms with E-state index in [1.807, 2.05) is 0 Å². The van der Waals surface area contributed by atoms with Crippen LogP contribution in [0.3, 0.4) is 0 Å². The van der Waals surface area contributed by atoms with Crippen molar-refractivity contribution in [2.75, 3.05) is 26.2 Å². The van der Waals surface area contributed by atoms with Gasteiger partial charge in [0, 0.05) is 19.1 Å². The summed E-state index contributed by atoms with van der Waals surface area (Å²) in [7, 11) is 0. The van der Waals surface area contributed by atoms with Gasteiger partial charge in [-0.2, -0.15) is 0 Å². The molecule has 16 heavy (non-hydrogen) atoms. The number of nitrogens with zero attached hydrogens (tertiary/aromatic N) is 1. The average molecular weight is 222 g/mol. The van der Waals surface area contributed by atoms with Gasteiger partial charge in [-0.3, -0.25) is 4.90 Å². The molecule has 2 heterocycles. The van der Waals surface area contributed by atoms with Gasteiger partial charge in [0.2, 0.25) is 0 Å². The lowest BCUT2D eigenvalue weighted by molar-refractivity contribution is 0.0390. The summed E-state index contributed by atoms with van der Waals surface area (Å²) in [5.41, 5.74) is 0.652. The SMILES string of the molecule is C1CCC(N2CCCC3(CCCNC3)C2)C1. The predicted molar refractivity (Wildman–Crippen MR) is 67.6 cm³/mol. The summed E-state index contributed by atoms with van der Waals surface area (Å²) in [5.74, 6) is 0. The molecule has 2 saturated heterocycles. The maximum Gasteiger partial charge on any atom is 0.00955 e. The first-order chi connectivity index (χ1) is 7.88. The minimum Gasteiger partial charge on any atom is -0.316 e. The van der Waals surface area contributed by atoms with Crippen LogP contribution in [0.1, 0.15) is 51.4 Å². The highest BCUT2D eigenvalue weighted by Gasteiger charge is 2.38. The average Bonchev–Trinajstić information content (AvgIpc) is 2.83. The monoisotopic (exact) mass is 222 g/mol. The van der Waals surface area contributed by atoms with Crippen molar-refractivity contribution in [2.24, 2.45) is 5.41 Å². The summed E-state index contributed by atoms with van der Waals surface area (Å²) in [5, 5.41) is 3.63. The first kappa shape index (κ1) is 11.0. The summed E-state index contributed by atoms with van der Waals surface area (Å²) in [6.07, 6.45) is 11.7. The van der Waals surface area contributed by atoms with Crippen molar-refractivity contribution in [2.45, 2.75) is 57.4 Å². The molecular formula is C14H26N2. The normalized spacial score (nSPS) is 38.2. The Morgan fingerprint density at radius 3 is 2.56 bits per heavy atom. The van der Waals surface area contributed by atoms with E-state index in [4.69, 9.17) is 0 Å². The van der Waals surface area contributed by atoms with Crippen LogP contribution in [0.4, 0.5) is 0 Å². The number of nitrogens with one attached hydrogen (secondary N) is 1. The van der Waals surface area contributed by atoms with Crippen molar-refractivity contribution in [3.8, 4) is 0 Å². The quantitative estimate of drug-likeness (QED) is 0.733. The number of likely N-dealkylation sites (tertiary alicyclic amines) is 1. The lowest BCUT2D eigenvalue weighted by Crippen LogP contribution is -2.53. The van der Waals surface area contributed by atoms with E-state index >= 15 is 0 Å². The third-order valence-electron chi connectivity index (χ3n) is 5.09. The molecule has 0 amide bonds. The Kier molecular flexibility index (Phi) is 3.21. The van der Waals surface area contributed by atoms with E-state index in [1.165, 1.54) is 77.5 Å². The van der Waals surface area contributed by atoms with Crippen LogP contribution in [0.2, 0.25) is 0 Å². The molecule has 3 rings (SSSR count). The molecule has 1 saturated carbocycles. The van der Waals surface area contributed by atoms with Crippen LogP contribution in [0.25, 0.3) is 0 Å². The number of hydrogen-bond acceptors (Lipinski definition) is 2. The molecule has 1 atom stereocenters. The summed E-state index contributed by atoms with van der Waals surface area (Å²) in [6, 6.07) is 0.944. The van der Waals surface area contributed by atoms with E-state index in [9.17, 15) is 0 Å². The predicted octanol–water partition coefficient (Wildman–Crippen LogP) is 2.39. The number of hydrogen-bond donors (Lipinski definition) is 1. The third-order valence-corrected chi connectivity index (χ3v) is 5.09. The molecule has 3 aliphatic rings. The molecule has 2 aliphatic heterocycles. The highest BCUT2D eigenvalue weighted by molar-refractivity contribution is 4.93. The van der Waals surface area contributed by atoms with Crippen LogP contribution < -0.4 is 5.32 Å². The standard InChI is InChI=1S/C14H26N2/c1-2-6-13(5-1)16-10-4-8-14(12-16)7-3-9-15-11-14/h13,15H,1-12H2. The molecule has 0 aromatic heterocycles. The Morgan fingerprint density at radius 1 is 1.00 bits per heavy atom. The van der Waals surface area contributed by atoms with E-state index in [0.717, 1.165) is 6.04 Å². The molecule has 1 N–H and O–H groups in total. The third kappa shape index (κ3) is 2.14. The number of piperidine rings is 2. The Bertz CT molecular complexity index is 221. The summed E-state index contributed by atoms with van der Waals surface area (Å²) < 4.78 is 0. The topological polar surface area (TPSA) is 15.3 Å². The molecule has 0 radical (unpaired) electrons. The van der Waals surface area contributed by atoms with Gasteiger partial charge in [-0.25, -0.2) is 0 Å². The highest BCUT2D eigenvalue weighted by Crippen LogP contribution is 2.38. The second kappa shape index (κ2) is 4.66. The van der Waals surface area contributed by atoms with E-state index in [-0.39, 0.29) is 0 Å². The maximum absolute atomic E-state index is 3.63. The van der Waals surface area contributed by atoms with E-state index in [2.05, 4.69) is 10.2 Å². The van der Waals surface area contributed by atoms with Crippen LogP contribution in [-0.4, -0.2) is 37.1 Å². The second-order valence-corrected chi connectivity index (χ2v) is 6.29. The van der Waals surface area contributed by atoms with Gasteiger partial charge < -0.3 is 5.32 Å². The molecule has 0 bridgehead atoms. The fourth-order valence-electron chi connectivity index (χ4n) is 4.21. The van der Waals surface area contributed by atoms with Gasteiger partial charge in [0.05, 0.1) is 0 Å². The van der Waals surface area contributed by atoms with Gasteiger partial charge in [-0.1, -0.05) is 12.8 Å². The molecule has 1 aliphatic carbocycles. The zero-order valence-electron chi connectivity index (χ0n) is 10.5. The summed E-state index contributed by atoms with van der Waals surface area (Å²) in [4.78, 5) is 2.84. The lowest BCUT2D eigenvalue weighted by Gasteiger charge is -2.47. The van der Waals surface area contributed by atoms with Gasteiger partial charge in [0.25, 0.3) is 0 Å². The molecule has 1 unspecified atom stereocenters. The highest BCUT2D eigenvalue weighted by atomic mass is 15.2. The molecule has 0 aromatic rings. The van der Waals surface area contributed by atoms with Gasteiger partial charge >= 0.3 is 0 Å². The fourth-order valence-corrected chi connectivity index (χ4v) is 4.21. The van der Waals surface area contributed by atoms with Gasteiger partial charge in [-0.05, 0) is 57.0 Å². The molecule has 2 nitrogen and oxygen atoms in total. The molecular weight excluding hydrogens is 196 g/mol. The van der Waals surface area contributed by atoms with Crippen molar-refractivity contribution in [1.29, 1.82) is 0 Å². The summed E-state index contributed by atoms with van der Waals surface area (Å²) >= 11 is 0. The van der Waals surface area contributed by atoms with E-state index in [1.54, 1.807) is 0 Å². The van der Waals surface area contributed by atoms with E-state index in [0.29, 0.717) is 5.41 Å². The Hall–Kier alpha value is -0.0800. The lowest BCUT2D eigenvalue weighted by atomic mass is 9.74. The van der Waals surface area contributed by atoms with Gasteiger partial charge in [0.15, 0.2) is 0 Å². The first-order valence-corrected chi connectivity index (χ1v) is 7.33. The number of rotatable bonds is 1. The second-order valence-electron chi connectivity index (χ2n) is 6.29. The smallest absolute Gasteiger partial charge is 0.00955 e. The minimum absolute atomic E-state index is 0.652. The van der Waals surface area contributed by atoms with Crippen molar-refractivity contribution in [3.05, 3.63) is 0 Å². The molecule has 2 heteroatoms. The van der Waals surface area contributed by atoms with Crippen LogP contribution in [0.5, 0.6) is 0 Å². The summed E-state index contributed by atoms with van der Waals surface area (Å²) in [6.45, 7) is 5.32. The maximum atomic E-state index is 3.63. The van der Waals surface area contributed by atoms with Crippen LogP contribution >= 0.6 is 0 Å². The van der Waals surface area contributed by atoms with Crippen molar-refractivity contribution in [3.63, 3.8) is 0 Å². The molecule has 0 aromatic carbocycles. The Balaban J connectivity index is 1.64. The Morgan fingerprint density at radius 2 is 1.81 bits per heavy atom. The minimum atomic E-state index is 0.652. The first-order valence-electron chi connectivity index (χ1n) is 7.33.